The molecule has 166 valence electrons. The van der Waals surface area contributed by atoms with E-state index in [4.69, 9.17) is 0 Å². The summed E-state index contributed by atoms with van der Waals surface area (Å²) in [5.41, 5.74) is 1.35. The number of hydrogen-bond donors (Lipinski definition) is 0. The lowest BCUT2D eigenvalue weighted by atomic mass is 9.93. The van der Waals surface area contributed by atoms with Crippen LogP contribution in [0, 0.1) is 15.9 Å². The predicted octanol–water partition coefficient (Wildman–Crippen LogP) is 4.35. The number of carbonyl (C=O) groups excluding carboxylic acids is 1. The van der Waals surface area contributed by atoms with Crippen molar-refractivity contribution in [1.82, 2.24) is 19.7 Å². The maximum Gasteiger partial charge on any atom is 0.270 e. The van der Waals surface area contributed by atoms with Crippen LogP contribution in [0.4, 0.5) is 10.1 Å². The number of rotatable bonds is 7. The summed E-state index contributed by atoms with van der Waals surface area (Å²) in [5, 5.41) is 15.4. The first-order chi connectivity index (χ1) is 15.5. The maximum absolute atomic E-state index is 13.3. The van der Waals surface area contributed by atoms with Crippen molar-refractivity contribution < 1.29 is 14.1 Å². The molecule has 1 saturated carbocycles. The topological polar surface area (TPSA) is 94.2 Å². The summed E-state index contributed by atoms with van der Waals surface area (Å²) in [6.07, 6.45) is 6.69. The molecule has 0 atom stereocenters. The van der Waals surface area contributed by atoms with Gasteiger partial charge in [0, 0.05) is 30.3 Å². The number of halogens is 1. The number of non-ortho nitro benzene ring substituents is 1. The molecule has 0 N–H and O–H groups in total. The highest BCUT2D eigenvalue weighted by Crippen LogP contribution is 2.25. The largest absolute Gasteiger partial charge is 0.334 e. The first-order valence-corrected chi connectivity index (χ1v) is 10.7. The molecule has 32 heavy (non-hydrogen) atoms. The van der Waals surface area contributed by atoms with E-state index in [0.29, 0.717) is 17.9 Å². The van der Waals surface area contributed by atoms with E-state index < -0.39 is 4.92 Å². The highest BCUT2D eigenvalue weighted by molar-refractivity contribution is 5.76. The first-order valence-electron chi connectivity index (χ1n) is 10.7. The predicted molar refractivity (Wildman–Crippen MR) is 116 cm³/mol. The van der Waals surface area contributed by atoms with Crippen LogP contribution in [0.25, 0.3) is 11.4 Å². The third-order valence-electron chi connectivity index (χ3n) is 5.75. The monoisotopic (exact) mass is 437 g/mol. The molecule has 1 aromatic heterocycles. The lowest BCUT2D eigenvalue weighted by Gasteiger charge is -2.34. The molecule has 1 fully saturated rings. The first kappa shape index (κ1) is 21.6. The second kappa shape index (κ2) is 9.67. The fourth-order valence-electron chi connectivity index (χ4n) is 4.09. The molecule has 1 heterocycles. The van der Waals surface area contributed by atoms with Crippen LogP contribution in [0.2, 0.25) is 0 Å². The van der Waals surface area contributed by atoms with Gasteiger partial charge in [0.15, 0.2) is 5.82 Å². The van der Waals surface area contributed by atoms with Gasteiger partial charge in [0.25, 0.3) is 5.69 Å². The van der Waals surface area contributed by atoms with Crippen molar-refractivity contribution in [3.05, 3.63) is 76.4 Å². The van der Waals surface area contributed by atoms with Gasteiger partial charge in [-0.3, -0.25) is 14.9 Å². The van der Waals surface area contributed by atoms with E-state index in [1.165, 1.54) is 41.7 Å². The van der Waals surface area contributed by atoms with Gasteiger partial charge in [0.1, 0.15) is 18.7 Å². The molecule has 9 heteroatoms. The number of hydrogen-bond acceptors (Lipinski definition) is 5. The molecule has 1 aliphatic rings. The summed E-state index contributed by atoms with van der Waals surface area (Å²) in [6.45, 7) is 0.426. The van der Waals surface area contributed by atoms with Gasteiger partial charge in [0.2, 0.25) is 5.91 Å². The van der Waals surface area contributed by atoms with Gasteiger partial charge in [-0.15, -0.1) is 0 Å². The fourth-order valence-corrected chi connectivity index (χ4v) is 4.09. The Morgan fingerprint density at radius 2 is 1.91 bits per heavy atom. The quantitative estimate of drug-likeness (QED) is 0.404. The molecule has 0 saturated heterocycles. The highest BCUT2D eigenvalue weighted by atomic mass is 19.1. The van der Waals surface area contributed by atoms with Gasteiger partial charge in [-0.05, 0) is 30.5 Å². The Labute approximate surface area is 184 Å². The van der Waals surface area contributed by atoms with Crippen molar-refractivity contribution >= 4 is 11.6 Å². The van der Waals surface area contributed by atoms with Crippen LogP contribution < -0.4 is 0 Å². The summed E-state index contributed by atoms with van der Waals surface area (Å²) in [5.74, 6) is -0.0680. The number of carbonyl (C=O) groups is 1. The van der Waals surface area contributed by atoms with Crippen molar-refractivity contribution in [2.45, 2.75) is 51.2 Å². The van der Waals surface area contributed by atoms with Crippen LogP contribution in [0.3, 0.4) is 0 Å². The molecule has 0 aliphatic heterocycles. The van der Waals surface area contributed by atoms with Crippen LogP contribution in [0.5, 0.6) is 0 Å². The minimum absolute atomic E-state index is 0.0135. The van der Waals surface area contributed by atoms with E-state index >= 15 is 0 Å². The minimum Gasteiger partial charge on any atom is -0.334 e. The van der Waals surface area contributed by atoms with Crippen LogP contribution in [-0.4, -0.2) is 36.5 Å². The lowest BCUT2D eigenvalue weighted by molar-refractivity contribution is -0.384. The van der Waals surface area contributed by atoms with Crippen molar-refractivity contribution in [2.75, 3.05) is 0 Å². The number of nitro benzene ring substituents is 1. The van der Waals surface area contributed by atoms with E-state index in [1.54, 1.807) is 24.3 Å². The van der Waals surface area contributed by atoms with Crippen molar-refractivity contribution in [3.63, 3.8) is 0 Å². The van der Waals surface area contributed by atoms with Crippen LogP contribution in [0.15, 0.2) is 54.9 Å². The lowest BCUT2D eigenvalue weighted by Crippen LogP contribution is -2.42. The zero-order chi connectivity index (χ0) is 22.5. The van der Waals surface area contributed by atoms with E-state index in [1.807, 2.05) is 4.90 Å². The molecule has 1 amide bonds. The summed E-state index contributed by atoms with van der Waals surface area (Å²) in [7, 11) is 0. The number of nitro groups is 1. The van der Waals surface area contributed by atoms with Gasteiger partial charge in [-0.25, -0.2) is 14.1 Å². The summed E-state index contributed by atoms with van der Waals surface area (Å²) in [4.78, 5) is 29.9. The Balaban J connectivity index is 1.51. The molecular formula is C23H24FN5O3. The SMILES string of the molecule is O=C(Cn1cnc(-c2cccc([N+](=O)[O-])c2)n1)N(Cc1ccc(F)cc1)C1CCCCC1. The van der Waals surface area contributed by atoms with Crippen LogP contribution in [0.1, 0.15) is 37.7 Å². The number of nitrogens with zero attached hydrogens (tertiary/aromatic N) is 5. The van der Waals surface area contributed by atoms with Crippen LogP contribution in [-0.2, 0) is 17.9 Å². The second-order valence-electron chi connectivity index (χ2n) is 8.01. The van der Waals surface area contributed by atoms with Crippen molar-refractivity contribution in [2.24, 2.45) is 0 Å². The van der Waals surface area contributed by atoms with Gasteiger partial charge < -0.3 is 4.90 Å². The Bertz CT molecular complexity index is 1090. The van der Waals surface area contributed by atoms with Crippen molar-refractivity contribution in [3.8, 4) is 11.4 Å². The molecule has 2 aromatic carbocycles. The normalized spacial score (nSPS) is 14.3. The van der Waals surface area contributed by atoms with Gasteiger partial charge in [0.05, 0.1) is 4.92 Å². The fraction of sp³-hybridized carbons (Fsp3) is 0.348. The smallest absolute Gasteiger partial charge is 0.270 e. The molecule has 8 nitrogen and oxygen atoms in total. The molecule has 4 rings (SSSR count). The third kappa shape index (κ3) is 5.16. The molecule has 1 aliphatic carbocycles. The van der Waals surface area contributed by atoms with E-state index in [2.05, 4.69) is 10.1 Å². The molecule has 0 bridgehead atoms. The molecule has 3 aromatic rings. The van der Waals surface area contributed by atoms with Gasteiger partial charge in [-0.2, -0.15) is 5.10 Å². The maximum atomic E-state index is 13.3. The van der Waals surface area contributed by atoms with Gasteiger partial charge >= 0.3 is 0 Å². The summed E-state index contributed by atoms with van der Waals surface area (Å²) in [6, 6.07) is 12.4. The molecule has 0 radical (unpaired) electrons. The van der Waals surface area contributed by atoms with E-state index in [0.717, 1.165) is 31.2 Å². The summed E-state index contributed by atoms with van der Waals surface area (Å²) < 4.78 is 14.8. The Kier molecular flexibility index (Phi) is 6.53. The molecule has 0 unspecified atom stereocenters. The van der Waals surface area contributed by atoms with E-state index in [9.17, 15) is 19.3 Å². The Morgan fingerprint density at radius 3 is 2.62 bits per heavy atom. The Morgan fingerprint density at radius 1 is 1.16 bits per heavy atom. The average molecular weight is 437 g/mol. The third-order valence-corrected chi connectivity index (χ3v) is 5.75. The van der Waals surface area contributed by atoms with Crippen LogP contribution >= 0.6 is 0 Å². The summed E-state index contributed by atoms with van der Waals surface area (Å²) >= 11 is 0. The second-order valence-corrected chi connectivity index (χ2v) is 8.01. The minimum atomic E-state index is -0.471. The average Bonchev–Trinajstić information content (AvgIpc) is 3.27. The molecule has 0 spiro atoms. The van der Waals surface area contributed by atoms with Crippen molar-refractivity contribution in [1.29, 1.82) is 0 Å². The van der Waals surface area contributed by atoms with Gasteiger partial charge in [-0.1, -0.05) is 43.5 Å². The highest BCUT2D eigenvalue weighted by Gasteiger charge is 2.26. The zero-order valence-electron chi connectivity index (χ0n) is 17.6. The number of aromatic nitrogens is 3. The zero-order valence-corrected chi connectivity index (χ0v) is 17.6. The molecular weight excluding hydrogens is 413 g/mol. The Hall–Kier alpha value is -3.62. The number of benzene rings is 2. The van der Waals surface area contributed by atoms with E-state index in [-0.39, 0.29) is 30.0 Å². The standard InChI is InChI=1S/C23H24FN5O3/c24-19-11-9-17(10-12-19)14-28(20-6-2-1-3-7-20)22(30)15-27-16-25-23(26-27)18-5-4-8-21(13-18)29(31)32/h4-5,8-13,16,20H,1-3,6-7,14-15H2. The number of amides is 1.